The highest BCUT2D eigenvalue weighted by molar-refractivity contribution is 5.69. The van der Waals surface area contributed by atoms with Crippen molar-refractivity contribution in [3.05, 3.63) is 46.3 Å². The number of benzene rings is 1. The molecule has 1 aromatic heterocycles. The fraction of sp³-hybridized carbons (Fsp3) is 0.450. The standard InChI is InChI=1S/C20H26FN5O3/c1-13(2)12-22-19-6-5-18(26(28)29)20(24-19)23-14-3-4-17(16(21)11-14)25-9-7-15(27)8-10-25/h3-6,11,13,15,27H,7-10,12H2,1-2H3,(H2,22,23,24). The van der Waals surface area contributed by atoms with Crippen LogP contribution in [0.15, 0.2) is 30.3 Å². The molecule has 8 nitrogen and oxygen atoms in total. The Morgan fingerprint density at radius 1 is 1.31 bits per heavy atom. The summed E-state index contributed by atoms with van der Waals surface area (Å²) in [6.07, 6.45) is 0.871. The van der Waals surface area contributed by atoms with E-state index >= 15 is 0 Å². The Bertz CT molecular complexity index is 869. The van der Waals surface area contributed by atoms with Crippen LogP contribution < -0.4 is 15.5 Å². The molecule has 1 aliphatic rings. The van der Waals surface area contributed by atoms with E-state index in [1.54, 1.807) is 18.2 Å². The molecule has 2 heterocycles. The van der Waals surface area contributed by atoms with Crippen molar-refractivity contribution in [1.82, 2.24) is 4.98 Å². The average Bonchev–Trinajstić information content (AvgIpc) is 2.67. The van der Waals surface area contributed by atoms with Gasteiger partial charge in [-0.05, 0) is 43.0 Å². The van der Waals surface area contributed by atoms with E-state index in [1.807, 2.05) is 18.7 Å². The molecule has 0 saturated carbocycles. The number of aliphatic hydroxyl groups excluding tert-OH is 1. The first kappa shape index (κ1) is 20.8. The van der Waals surface area contributed by atoms with E-state index in [9.17, 15) is 19.6 Å². The number of anilines is 4. The molecule has 156 valence electrons. The number of pyridine rings is 1. The lowest BCUT2D eigenvalue weighted by molar-refractivity contribution is -0.384. The van der Waals surface area contributed by atoms with Gasteiger partial charge in [-0.3, -0.25) is 10.1 Å². The summed E-state index contributed by atoms with van der Waals surface area (Å²) in [4.78, 5) is 17.0. The van der Waals surface area contributed by atoms with Crippen molar-refractivity contribution < 1.29 is 14.4 Å². The zero-order chi connectivity index (χ0) is 21.0. The minimum absolute atomic E-state index is 0.0528. The molecule has 0 spiro atoms. The van der Waals surface area contributed by atoms with E-state index < -0.39 is 10.7 Å². The van der Waals surface area contributed by atoms with Gasteiger partial charge in [0.25, 0.3) is 0 Å². The Kier molecular flexibility index (Phi) is 6.48. The van der Waals surface area contributed by atoms with Crippen LogP contribution in [-0.2, 0) is 0 Å². The van der Waals surface area contributed by atoms with Crippen LogP contribution in [0.4, 0.5) is 33.1 Å². The molecule has 0 atom stereocenters. The summed E-state index contributed by atoms with van der Waals surface area (Å²) in [6, 6.07) is 7.55. The Hall–Kier alpha value is -2.94. The summed E-state index contributed by atoms with van der Waals surface area (Å²) in [5.74, 6) is 0.525. The van der Waals surface area contributed by atoms with Crippen LogP contribution in [0.2, 0.25) is 0 Å². The molecule has 0 amide bonds. The Morgan fingerprint density at radius 3 is 2.66 bits per heavy atom. The van der Waals surface area contributed by atoms with Gasteiger partial charge < -0.3 is 20.6 Å². The maximum absolute atomic E-state index is 14.7. The number of hydrogen-bond donors (Lipinski definition) is 3. The Morgan fingerprint density at radius 2 is 2.03 bits per heavy atom. The van der Waals surface area contributed by atoms with Crippen molar-refractivity contribution in [1.29, 1.82) is 0 Å². The van der Waals surface area contributed by atoms with Crippen molar-refractivity contribution in [3.8, 4) is 0 Å². The van der Waals surface area contributed by atoms with Gasteiger partial charge in [-0.15, -0.1) is 0 Å². The van der Waals surface area contributed by atoms with Gasteiger partial charge in [-0.1, -0.05) is 13.8 Å². The van der Waals surface area contributed by atoms with Crippen LogP contribution in [0.25, 0.3) is 0 Å². The quantitative estimate of drug-likeness (QED) is 0.476. The molecule has 9 heteroatoms. The summed E-state index contributed by atoms with van der Waals surface area (Å²) >= 11 is 0. The third kappa shape index (κ3) is 5.32. The molecule has 1 aliphatic heterocycles. The van der Waals surface area contributed by atoms with Crippen molar-refractivity contribution >= 4 is 28.7 Å². The van der Waals surface area contributed by atoms with Gasteiger partial charge in [0.2, 0.25) is 5.82 Å². The van der Waals surface area contributed by atoms with Gasteiger partial charge in [0.05, 0.1) is 16.7 Å². The maximum Gasteiger partial charge on any atom is 0.311 e. The molecule has 1 saturated heterocycles. The van der Waals surface area contributed by atoms with Crippen molar-refractivity contribution in [2.75, 3.05) is 35.2 Å². The summed E-state index contributed by atoms with van der Waals surface area (Å²) < 4.78 is 14.7. The fourth-order valence-electron chi connectivity index (χ4n) is 3.18. The van der Waals surface area contributed by atoms with E-state index in [2.05, 4.69) is 15.6 Å². The first-order chi connectivity index (χ1) is 13.8. The summed E-state index contributed by atoms with van der Waals surface area (Å²) in [7, 11) is 0. The smallest absolute Gasteiger partial charge is 0.311 e. The van der Waals surface area contributed by atoms with Gasteiger partial charge in [0.1, 0.15) is 11.6 Å². The molecule has 1 fully saturated rings. The van der Waals surface area contributed by atoms with E-state index in [4.69, 9.17) is 0 Å². The minimum atomic E-state index is -0.522. The third-order valence-corrected chi connectivity index (χ3v) is 4.78. The Balaban J connectivity index is 1.80. The van der Waals surface area contributed by atoms with Gasteiger partial charge in [-0.25, -0.2) is 9.37 Å². The molecule has 1 aromatic carbocycles. The predicted molar refractivity (Wildman–Crippen MR) is 111 cm³/mol. The van der Waals surface area contributed by atoms with Crippen LogP contribution in [0.1, 0.15) is 26.7 Å². The number of nitrogens with one attached hydrogen (secondary N) is 2. The molecule has 3 N–H and O–H groups in total. The zero-order valence-electron chi connectivity index (χ0n) is 16.6. The van der Waals surface area contributed by atoms with Gasteiger partial charge in [-0.2, -0.15) is 0 Å². The second-order valence-corrected chi connectivity index (χ2v) is 7.61. The highest BCUT2D eigenvalue weighted by atomic mass is 19.1. The van der Waals surface area contributed by atoms with E-state index in [-0.39, 0.29) is 17.6 Å². The largest absolute Gasteiger partial charge is 0.393 e. The molecule has 0 aliphatic carbocycles. The molecular formula is C20H26FN5O3. The highest BCUT2D eigenvalue weighted by Crippen LogP contribution is 2.30. The third-order valence-electron chi connectivity index (χ3n) is 4.78. The number of aromatic nitrogens is 1. The Labute approximate surface area is 168 Å². The van der Waals surface area contributed by atoms with Gasteiger partial charge >= 0.3 is 5.69 Å². The number of nitro groups is 1. The number of hydrogen-bond acceptors (Lipinski definition) is 7. The van der Waals surface area contributed by atoms with E-state index in [1.165, 1.54) is 12.1 Å². The SMILES string of the molecule is CC(C)CNc1ccc([N+](=O)[O-])c(Nc2ccc(N3CCC(O)CC3)c(F)c2)n1. The van der Waals surface area contributed by atoms with Crippen LogP contribution in [0.5, 0.6) is 0 Å². The lowest BCUT2D eigenvalue weighted by Crippen LogP contribution is -2.36. The molecule has 0 bridgehead atoms. The molecule has 2 aromatic rings. The molecule has 0 unspecified atom stereocenters. The first-order valence-corrected chi connectivity index (χ1v) is 9.72. The minimum Gasteiger partial charge on any atom is -0.393 e. The first-order valence-electron chi connectivity index (χ1n) is 9.72. The normalized spacial score (nSPS) is 14.9. The molecule has 0 radical (unpaired) electrons. The van der Waals surface area contributed by atoms with Crippen molar-refractivity contribution in [3.63, 3.8) is 0 Å². The fourth-order valence-corrected chi connectivity index (χ4v) is 3.18. The van der Waals surface area contributed by atoms with Crippen LogP contribution in [0.3, 0.4) is 0 Å². The number of rotatable bonds is 7. The second-order valence-electron chi connectivity index (χ2n) is 7.61. The van der Waals surface area contributed by atoms with E-state index in [0.29, 0.717) is 55.6 Å². The highest BCUT2D eigenvalue weighted by Gasteiger charge is 2.21. The zero-order valence-corrected chi connectivity index (χ0v) is 16.6. The second kappa shape index (κ2) is 9.04. The predicted octanol–water partition coefficient (Wildman–Crippen LogP) is 3.90. The average molecular weight is 403 g/mol. The summed E-state index contributed by atoms with van der Waals surface area (Å²) in [6.45, 7) is 5.94. The van der Waals surface area contributed by atoms with Gasteiger partial charge in [0.15, 0.2) is 0 Å². The molecular weight excluding hydrogens is 377 g/mol. The van der Waals surface area contributed by atoms with E-state index in [0.717, 1.165) is 0 Å². The number of nitrogens with zero attached hydrogens (tertiary/aromatic N) is 3. The van der Waals surface area contributed by atoms with Crippen LogP contribution in [-0.4, -0.2) is 40.8 Å². The van der Waals surface area contributed by atoms with Crippen LogP contribution in [0, 0.1) is 21.8 Å². The summed E-state index contributed by atoms with van der Waals surface area (Å²) in [5.41, 5.74) is 0.645. The lowest BCUT2D eigenvalue weighted by atomic mass is 10.1. The maximum atomic E-state index is 14.7. The number of piperidine rings is 1. The van der Waals surface area contributed by atoms with Gasteiger partial charge in [0, 0.05) is 31.4 Å². The van der Waals surface area contributed by atoms with Crippen molar-refractivity contribution in [2.24, 2.45) is 5.92 Å². The number of aliphatic hydroxyl groups is 1. The molecule has 3 rings (SSSR count). The van der Waals surface area contributed by atoms with Crippen molar-refractivity contribution in [2.45, 2.75) is 32.8 Å². The lowest BCUT2D eigenvalue weighted by Gasteiger charge is -2.31. The molecule has 29 heavy (non-hydrogen) atoms. The summed E-state index contributed by atoms with van der Waals surface area (Å²) in [5, 5.41) is 27.0. The van der Waals surface area contributed by atoms with Crippen LogP contribution >= 0.6 is 0 Å². The monoisotopic (exact) mass is 403 g/mol. The topological polar surface area (TPSA) is 104 Å². The number of halogens is 1.